The van der Waals surface area contributed by atoms with E-state index in [1.54, 1.807) is 12.0 Å². The number of rotatable bonds is 11. The second-order valence-electron chi connectivity index (χ2n) is 7.82. The van der Waals surface area contributed by atoms with Crippen molar-refractivity contribution >= 4 is 27.7 Å². The molecule has 174 valence electrons. The molecule has 0 fully saturated rings. The molecule has 0 radical (unpaired) electrons. The van der Waals surface area contributed by atoms with Gasteiger partial charge in [-0.05, 0) is 70.6 Å². The van der Waals surface area contributed by atoms with Crippen LogP contribution in [0.25, 0.3) is 0 Å². The van der Waals surface area contributed by atoms with Gasteiger partial charge < -0.3 is 19.7 Å². The lowest BCUT2D eigenvalue weighted by Crippen LogP contribution is -2.50. The summed E-state index contributed by atoms with van der Waals surface area (Å²) in [7, 11) is 1.61. The van der Waals surface area contributed by atoms with E-state index in [2.05, 4.69) is 35.1 Å². The lowest BCUT2D eigenvalue weighted by molar-refractivity contribution is -0.142. The molecule has 2 amide bonds. The molecule has 0 bridgehead atoms. The van der Waals surface area contributed by atoms with Gasteiger partial charge in [0.25, 0.3) is 5.91 Å². The maximum Gasteiger partial charge on any atom is 0.261 e. The topological polar surface area (TPSA) is 67.9 Å². The molecule has 0 heterocycles. The summed E-state index contributed by atoms with van der Waals surface area (Å²) in [5.74, 6) is 1.31. The Morgan fingerprint density at radius 3 is 2.31 bits per heavy atom. The molecule has 2 aromatic rings. The van der Waals surface area contributed by atoms with Crippen LogP contribution in [-0.4, -0.2) is 43.0 Å². The highest BCUT2D eigenvalue weighted by molar-refractivity contribution is 9.10. The highest BCUT2D eigenvalue weighted by Crippen LogP contribution is 2.29. The van der Waals surface area contributed by atoms with Crippen molar-refractivity contribution in [3.63, 3.8) is 0 Å². The van der Waals surface area contributed by atoms with Crippen molar-refractivity contribution < 1.29 is 19.1 Å². The molecule has 0 aliphatic heterocycles. The Labute approximate surface area is 199 Å². The van der Waals surface area contributed by atoms with Gasteiger partial charge >= 0.3 is 0 Å². The summed E-state index contributed by atoms with van der Waals surface area (Å²) in [6.07, 6.45) is 0.501. The van der Waals surface area contributed by atoms with Gasteiger partial charge in [-0.3, -0.25) is 9.59 Å². The second-order valence-corrected chi connectivity index (χ2v) is 8.68. The maximum absolute atomic E-state index is 13.2. The van der Waals surface area contributed by atoms with E-state index < -0.39 is 6.04 Å². The van der Waals surface area contributed by atoms with Gasteiger partial charge in [0.2, 0.25) is 5.91 Å². The van der Waals surface area contributed by atoms with Gasteiger partial charge in [-0.15, -0.1) is 0 Å². The molecule has 0 aliphatic rings. The summed E-state index contributed by atoms with van der Waals surface area (Å²) in [6.45, 7) is 8.65. The Morgan fingerprint density at radius 2 is 1.78 bits per heavy atom. The number of nitrogens with one attached hydrogen (secondary N) is 1. The number of likely N-dealkylation sites (N-methyl/N-ethyl adjacent to an activating group) is 1. The molecule has 0 saturated carbocycles. The van der Waals surface area contributed by atoms with Crippen molar-refractivity contribution in [3.8, 4) is 11.5 Å². The molecule has 1 N–H and O–H groups in total. The van der Waals surface area contributed by atoms with Crippen LogP contribution in [0.5, 0.6) is 11.5 Å². The highest BCUT2D eigenvalue weighted by Gasteiger charge is 2.28. The lowest BCUT2D eigenvalue weighted by atomic mass is 10.0. The minimum atomic E-state index is -0.583. The molecule has 1 unspecified atom stereocenters. The number of benzene rings is 2. The summed E-state index contributed by atoms with van der Waals surface area (Å²) >= 11 is 3.53. The molecular formula is C25H33BrN2O4. The van der Waals surface area contributed by atoms with E-state index in [9.17, 15) is 9.59 Å². The molecule has 1 atom stereocenters. The fourth-order valence-electron chi connectivity index (χ4n) is 3.35. The summed E-state index contributed by atoms with van der Waals surface area (Å²) in [6, 6.07) is 12.7. The van der Waals surface area contributed by atoms with E-state index in [-0.39, 0.29) is 18.4 Å². The van der Waals surface area contributed by atoms with E-state index in [4.69, 9.17) is 9.47 Å². The van der Waals surface area contributed by atoms with Crippen LogP contribution in [-0.2, 0) is 16.1 Å². The van der Waals surface area contributed by atoms with E-state index >= 15 is 0 Å². The van der Waals surface area contributed by atoms with E-state index in [0.29, 0.717) is 31.2 Å². The van der Waals surface area contributed by atoms with Gasteiger partial charge in [-0.25, -0.2) is 0 Å². The Morgan fingerprint density at radius 1 is 1.09 bits per heavy atom. The van der Waals surface area contributed by atoms with Gasteiger partial charge in [0.05, 0.1) is 11.6 Å². The van der Waals surface area contributed by atoms with Crippen molar-refractivity contribution in [1.82, 2.24) is 10.2 Å². The first-order chi connectivity index (χ1) is 15.3. The maximum atomic E-state index is 13.2. The van der Waals surface area contributed by atoms with Gasteiger partial charge in [0.1, 0.15) is 17.5 Å². The van der Waals surface area contributed by atoms with Gasteiger partial charge in [0, 0.05) is 13.1 Å². The van der Waals surface area contributed by atoms with Crippen LogP contribution in [0.2, 0.25) is 0 Å². The summed E-state index contributed by atoms with van der Waals surface area (Å²) in [5, 5.41) is 2.83. The SMILES string of the molecule is CCNC(=O)C(CC)N(Cc1ccc(OC)cc1)C(=O)COc1ccc(C(C)C)cc1Br. The Hall–Kier alpha value is -2.54. The van der Waals surface area contributed by atoms with E-state index in [1.807, 2.05) is 56.3 Å². The number of carbonyl (C=O) groups excluding carboxylic acids is 2. The largest absolute Gasteiger partial charge is 0.497 e. The summed E-state index contributed by atoms with van der Waals surface area (Å²) in [4.78, 5) is 27.5. The minimum absolute atomic E-state index is 0.161. The summed E-state index contributed by atoms with van der Waals surface area (Å²) < 4.78 is 11.8. The number of amides is 2. The van der Waals surface area contributed by atoms with Crippen LogP contribution in [0.1, 0.15) is 51.2 Å². The van der Waals surface area contributed by atoms with Gasteiger partial charge in [0.15, 0.2) is 6.61 Å². The molecule has 0 spiro atoms. The first-order valence-electron chi connectivity index (χ1n) is 10.9. The number of ether oxygens (including phenoxy) is 2. The molecule has 32 heavy (non-hydrogen) atoms. The van der Waals surface area contributed by atoms with Crippen LogP contribution in [0.3, 0.4) is 0 Å². The third kappa shape index (κ3) is 6.99. The predicted molar refractivity (Wildman–Crippen MR) is 130 cm³/mol. The van der Waals surface area contributed by atoms with Crippen molar-refractivity contribution in [2.24, 2.45) is 0 Å². The van der Waals surface area contributed by atoms with Crippen LogP contribution in [0.4, 0.5) is 0 Å². The summed E-state index contributed by atoms with van der Waals surface area (Å²) in [5.41, 5.74) is 2.09. The molecule has 2 aromatic carbocycles. The third-order valence-corrected chi connectivity index (χ3v) is 5.84. The molecule has 6 nitrogen and oxygen atoms in total. The second kappa shape index (κ2) is 12.5. The quantitative estimate of drug-likeness (QED) is 0.472. The van der Waals surface area contributed by atoms with Gasteiger partial charge in [-0.1, -0.05) is 39.0 Å². The number of nitrogens with zero attached hydrogens (tertiary/aromatic N) is 1. The third-order valence-electron chi connectivity index (χ3n) is 5.22. The Balaban J connectivity index is 2.21. The molecule has 7 heteroatoms. The zero-order chi connectivity index (χ0) is 23.7. The first kappa shape index (κ1) is 25.7. The van der Waals surface area contributed by atoms with Crippen molar-refractivity contribution in [1.29, 1.82) is 0 Å². The van der Waals surface area contributed by atoms with Crippen LogP contribution >= 0.6 is 15.9 Å². The molecule has 0 saturated heterocycles. The lowest BCUT2D eigenvalue weighted by Gasteiger charge is -2.30. The normalized spacial score (nSPS) is 11.7. The van der Waals surface area contributed by atoms with E-state index in [1.165, 1.54) is 5.56 Å². The fourth-order valence-corrected chi connectivity index (χ4v) is 3.87. The predicted octanol–water partition coefficient (Wildman–Crippen LogP) is 4.90. The number of carbonyl (C=O) groups is 2. The average Bonchev–Trinajstić information content (AvgIpc) is 2.78. The zero-order valence-corrected chi connectivity index (χ0v) is 21.1. The smallest absolute Gasteiger partial charge is 0.261 e. The monoisotopic (exact) mass is 504 g/mol. The van der Waals surface area contributed by atoms with Crippen LogP contribution in [0, 0.1) is 0 Å². The zero-order valence-electron chi connectivity index (χ0n) is 19.5. The number of hydrogen-bond acceptors (Lipinski definition) is 4. The molecule has 0 aliphatic carbocycles. The number of halogens is 1. The highest BCUT2D eigenvalue weighted by atomic mass is 79.9. The molecule has 2 rings (SSSR count). The number of hydrogen-bond donors (Lipinski definition) is 1. The molecule has 0 aromatic heterocycles. The van der Waals surface area contributed by atoms with Gasteiger partial charge in [-0.2, -0.15) is 0 Å². The van der Waals surface area contributed by atoms with Crippen molar-refractivity contribution in [3.05, 3.63) is 58.1 Å². The Bertz CT molecular complexity index is 899. The van der Waals surface area contributed by atoms with Crippen molar-refractivity contribution in [2.45, 2.75) is 52.6 Å². The van der Waals surface area contributed by atoms with Crippen LogP contribution in [0.15, 0.2) is 46.9 Å². The molecular weight excluding hydrogens is 472 g/mol. The minimum Gasteiger partial charge on any atom is -0.497 e. The van der Waals surface area contributed by atoms with E-state index in [0.717, 1.165) is 15.8 Å². The Kier molecular flexibility index (Phi) is 10.0. The van der Waals surface area contributed by atoms with Crippen molar-refractivity contribution in [2.75, 3.05) is 20.3 Å². The van der Waals surface area contributed by atoms with Crippen LogP contribution < -0.4 is 14.8 Å². The average molecular weight is 505 g/mol. The standard InChI is InChI=1S/C25H33BrN2O4/c1-6-22(25(30)27-7-2)28(15-18-8-11-20(31-5)12-9-18)24(29)16-32-23-13-10-19(17(3)4)14-21(23)26/h8-14,17,22H,6-7,15-16H2,1-5H3,(H,27,30). The number of methoxy groups -OCH3 is 1. The fraction of sp³-hybridized carbons (Fsp3) is 0.440. The first-order valence-corrected chi connectivity index (χ1v) is 11.7.